The number of nitrogens with zero attached hydrogens (tertiary/aromatic N) is 1. The zero-order valence-corrected chi connectivity index (χ0v) is 19.5. The van der Waals surface area contributed by atoms with Gasteiger partial charge in [0.25, 0.3) is 0 Å². The summed E-state index contributed by atoms with van der Waals surface area (Å²) in [6.45, 7) is 2.71. The predicted octanol–water partition coefficient (Wildman–Crippen LogP) is 5.47. The van der Waals surface area contributed by atoms with E-state index in [9.17, 15) is 9.59 Å². The third-order valence-corrected chi connectivity index (χ3v) is 6.27. The van der Waals surface area contributed by atoms with Crippen LogP contribution in [0.15, 0.2) is 78.0 Å². The molecule has 170 valence electrons. The highest BCUT2D eigenvalue weighted by Crippen LogP contribution is 2.37. The van der Waals surface area contributed by atoms with Crippen molar-refractivity contribution in [3.63, 3.8) is 0 Å². The Morgan fingerprint density at radius 3 is 2.52 bits per heavy atom. The van der Waals surface area contributed by atoms with Gasteiger partial charge in [0.15, 0.2) is 0 Å². The van der Waals surface area contributed by atoms with Gasteiger partial charge in [-0.2, -0.15) is 0 Å². The summed E-state index contributed by atoms with van der Waals surface area (Å²) in [4.78, 5) is 27.9. The van der Waals surface area contributed by atoms with Gasteiger partial charge in [0.05, 0.1) is 12.2 Å². The molecule has 1 amide bonds. The second kappa shape index (κ2) is 10.2. The molecule has 0 spiro atoms. The van der Waals surface area contributed by atoms with E-state index in [1.807, 2.05) is 54.6 Å². The van der Waals surface area contributed by atoms with Crippen molar-refractivity contribution < 1.29 is 19.1 Å². The molecule has 0 aromatic heterocycles. The van der Waals surface area contributed by atoms with Gasteiger partial charge in [0.2, 0.25) is 5.91 Å². The maximum absolute atomic E-state index is 13.3. The molecule has 5 nitrogen and oxygen atoms in total. The van der Waals surface area contributed by atoms with E-state index in [1.54, 1.807) is 31.1 Å². The quantitative estimate of drug-likeness (QED) is 0.436. The van der Waals surface area contributed by atoms with Crippen molar-refractivity contribution in [2.24, 2.45) is 0 Å². The van der Waals surface area contributed by atoms with Gasteiger partial charge >= 0.3 is 5.97 Å². The van der Waals surface area contributed by atoms with E-state index in [0.29, 0.717) is 29.4 Å². The number of ether oxygens (including phenoxy) is 2. The number of allylic oxidation sites excluding steroid dienone is 1. The lowest BCUT2D eigenvalue weighted by molar-refractivity contribution is -0.141. The summed E-state index contributed by atoms with van der Waals surface area (Å²) in [6.07, 6.45) is 0.184. The number of esters is 1. The minimum absolute atomic E-state index is 0.0458. The van der Waals surface area contributed by atoms with Crippen molar-refractivity contribution in [1.82, 2.24) is 4.90 Å². The SMILES string of the molecule is COCCN1C(=O)CC(c2ccc(Cl)cc2)C(C(=O)OCc2ccc3ccccc3c2)=C1C. The summed E-state index contributed by atoms with van der Waals surface area (Å²) < 4.78 is 10.9. The molecule has 0 bridgehead atoms. The molecule has 0 radical (unpaired) electrons. The van der Waals surface area contributed by atoms with Crippen molar-refractivity contribution in [2.75, 3.05) is 20.3 Å². The Balaban J connectivity index is 1.62. The highest BCUT2D eigenvalue weighted by molar-refractivity contribution is 6.30. The molecule has 0 saturated heterocycles. The second-order valence-electron chi connectivity index (χ2n) is 8.10. The lowest BCUT2D eigenvalue weighted by Crippen LogP contribution is -2.40. The van der Waals surface area contributed by atoms with Crippen molar-refractivity contribution >= 4 is 34.2 Å². The fraction of sp³-hybridized carbons (Fsp3) is 0.259. The fourth-order valence-corrected chi connectivity index (χ4v) is 4.40. The molecule has 0 fully saturated rings. The van der Waals surface area contributed by atoms with Gasteiger partial charge in [-0.1, -0.05) is 60.1 Å². The van der Waals surface area contributed by atoms with Gasteiger partial charge in [-0.3, -0.25) is 4.79 Å². The molecular weight excluding hydrogens is 438 g/mol. The Kier molecular flexibility index (Phi) is 7.11. The number of methoxy groups -OCH3 is 1. The fourth-order valence-electron chi connectivity index (χ4n) is 4.27. The van der Waals surface area contributed by atoms with Crippen molar-refractivity contribution in [2.45, 2.75) is 25.9 Å². The standard InChI is InChI=1S/C27H26ClNO4/c1-18-26(27(31)33-17-19-7-8-20-5-3-4-6-22(20)15-19)24(21-9-11-23(28)12-10-21)16-25(30)29(18)13-14-32-2/h3-12,15,24H,13-14,16-17H2,1-2H3. The average Bonchev–Trinajstić information content (AvgIpc) is 2.82. The highest BCUT2D eigenvalue weighted by Gasteiger charge is 2.36. The Bertz CT molecular complexity index is 1200. The highest BCUT2D eigenvalue weighted by atomic mass is 35.5. The van der Waals surface area contributed by atoms with E-state index in [1.165, 1.54) is 0 Å². The van der Waals surface area contributed by atoms with Crippen LogP contribution in [0.25, 0.3) is 10.8 Å². The zero-order chi connectivity index (χ0) is 23.4. The van der Waals surface area contributed by atoms with E-state index in [2.05, 4.69) is 0 Å². The van der Waals surface area contributed by atoms with E-state index >= 15 is 0 Å². The van der Waals surface area contributed by atoms with Crippen LogP contribution in [-0.4, -0.2) is 37.0 Å². The number of carbonyl (C=O) groups is 2. The van der Waals surface area contributed by atoms with Gasteiger partial charge in [-0.15, -0.1) is 0 Å². The molecule has 1 heterocycles. The third kappa shape index (κ3) is 5.10. The molecule has 0 saturated carbocycles. The number of hydrogen-bond donors (Lipinski definition) is 0. The molecule has 1 aliphatic rings. The number of rotatable bonds is 7. The lowest BCUT2D eigenvalue weighted by atomic mass is 9.83. The molecule has 33 heavy (non-hydrogen) atoms. The van der Waals surface area contributed by atoms with E-state index in [-0.39, 0.29) is 18.9 Å². The van der Waals surface area contributed by atoms with Crippen LogP contribution in [0, 0.1) is 0 Å². The molecule has 1 unspecified atom stereocenters. The summed E-state index contributed by atoms with van der Waals surface area (Å²) >= 11 is 6.05. The number of amides is 1. The Hall–Kier alpha value is -3.15. The monoisotopic (exact) mass is 463 g/mol. The van der Waals surface area contributed by atoms with Gasteiger partial charge in [-0.25, -0.2) is 4.79 Å². The first-order valence-corrected chi connectivity index (χ1v) is 11.3. The average molecular weight is 464 g/mol. The lowest BCUT2D eigenvalue weighted by Gasteiger charge is -2.34. The largest absolute Gasteiger partial charge is 0.457 e. The Morgan fingerprint density at radius 1 is 1.06 bits per heavy atom. The molecule has 0 N–H and O–H groups in total. The number of fused-ring (bicyclic) bond motifs is 1. The van der Waals surface area contributed by atoms with Gasteiger partial charge in [-0.05, 0) is 47.0 Å². The van der Waals surface area contributed by atoms with Crippen molar-refractivity contribution in [1.29, 1.82) is 0 Å². The number of carbonyl (C=O) groups excluding carboxylic acids is 2. The summed E-state index contributed by atoms with van der Waals surface area (Å²) in [5, 5.41) is 2.83. The zero-order valence-electron chi connectivity index (χ0n) is 18.7. The van der Waals surface area contributed by atoms with Crippen LogP contribution in [0.4, 0.5) is 0 Å². The maximum atomic E-state index is 13.3. The molecule has 6 heteroatoms. The van der Waals surface area contributed by atoms with Crippen molar-refractivity contribution in [3.05, 3.63) is 94.1 Å². The van der Waals surface area contributed by atoms with Crippen LogP contribution in [0.3, 0.4) is 0 Å². The van der Waals surface area contributed by atoms with E-state index in [4.69, 9.17) is 21.1 Å². The summed E-state index contributed by atoms with van der Waals surface area (Å²) in [5.41, 5.74) is 2.86. The summed E-state index contributed by atoms with van der Waals surface area (Å²) in [6, 6.07) is 21.3. The number of halogens is 1. The van der Waals surface area contributed by atoms with Crippen LogP contribution in [-0.2, 0) is 25.7 Å². The molecule has 4 rings (SSSR count). The Labute approximate surface area is 198 Å². The van der Waals surface area contributed by atoms with E-state index < -0.39 is 11.9 Å². The third-order valence-electron chi connectivity index (χ3n) is 6.02. The van der Waals surface area contributed by atoms with Gasteiger partial charge in [0, 0.05) is 36.7 Å². The topological polar surface area (TPSA) is 55.8 Å². The molecule has 0 aliphatic carbocycles. The molecule has 1 aliphatic heterocycles. The first-order valence-electron chi connectivity index (χ1n) is 10.9. The summed E-state index contributed by atoms with van der Waals surface area (Å²) in [7, 11) is 1.59. The van der Waals surface area contributed by atoms with Crippen LogP contribution in [0.5, 0.6) is 0 Å². The first kappa shape index (κ1) is 23.0. The van der Waals surface area contributed by atoms with Crippen LogP contribution < -0.4 is 0 Å². The summed E-state index contributed by atoms with van der Waals surface area (Å²) in [5.74, 6) is -0.858. The minimum atomic E-state index is -0.421. The van der Waals surface area contributed by atoms with E-state index in [0.717, 1.165) is 21.9 Å². The normalized spacial score (nSPS) is 16.4. The van der Waals surface area contributed by atoms with Gasteiger partial charge < -0.3 is 14.4 Å². The molecule has 3 aromatic carbocycles. The predicted molar refractivity (Wildman–Crippen MR) is 129 cm³/mol. The second-order valence-corrected chi connectivity index (χ2v) is 8.54. The first-order chi connectivity index (χ1) is 16.0. The number of benzene rings is 3. The Morgan fingerprint density at radius 2 is 1.79 bits per heavy atom. The number of hydrogen-bond acceptors (Lipinski definition) is 4. The smallest absolute Gasteiger partial charge is 0.336 e. The van der Waals surface area contributed by atoms with Crippen LogP contribution in [0.2, 0.25) is 5.02 Å². The maximum Gasteiger partial charge on any atom is 0.336 e. The van der Waals surface area contributed by atoms with Gasteiger partial charge in [0.1, 0.15) is 6.61 Å². The molecule has 1 atom stereocenters. The minimum Gasteiger partial charge on any atom is -0.457 e. The van der Waals surface area contributed by atoms with Crippen LogP contribution >= 0.6 is 11.6 Å². The molecule has 3 aromatic rings. The molecular formula is C27H26ClNO4. The van der Waals surface area contributed by atoms with Crippen LogP contribution in [0.1, 0.15) is 30.4 Å². The van der Waals surface area contributed by atoms with Crippen molar-refractivity contribution in [3.8, 4) is 0 Å².